The van der Waals surface area contributed by atoms with Crippen molar-refractivity contribution in [3.8, 4) is 57.3 Å². The Bertz CT molecular complexity index is 3280. The van der Waals surface area contributed by atoms with E-state index in [1.807, 2.05) is 13.8 Å². The topological polar surface area (TPSA) is 319 Å². The van der Waals surface area contributed by atoms with Gasteiger partial charge in [-0.2, -0.15) is 0 Å². The number of phenols is 4. The third-order valence-corrected chi connectivity index (χ3v) is 13.7. The molecule has 3 aliphatic rings. The normalized spacial score (nSPS) is 20.9. The average Bonchev–Trinajstić information content (AvgIpc) is 3.83. The second-order valence-electron chi connectivity index (χ2n) is 18.8. The molecule has 2 amide bonds. The molecule has 9 N–H and O–H groups in total. The lowest BCUT2D eigenvalue weighted by Crippen LogP contribution is -2.55. The Morgan fingerprint density at radius 3 is 2.20 bits per heavy atom. The molecular formula is C54H53N5O16. The molecular weight excluding hydrogens is 975 g/mol. The van der Waals surface area contributed by atoms with E-state index < -0.39 is 107 Å². The highest BCUT2D eigenvalue weighted by atomic mass is 16.7. The van der Waals surface area contributed by atoms with E-state index >= 15 is 0 Å². The Labute approximate surface area is 427 Å². The molecule has 1 fully saturated rings. The minimum atomic E-state index is -2.39. The van der Waals surface area contributed by atoms with E-state index in [0.717, 1.165) is 0 Å². The number of rotatable bonds is 14. The van der Waals surface area contributed by atoms with Crippen LogP contribution in [0.5, 0.6) is 40.2 Å². The predicted molar refractivity (Wildman–Crippen MR) is 264 cm³/mol. The number of carbonyl (C=O) groups excluding carboxylic acids is 5. The zero-order chi connectivity index (χ0) is 53.8. The number of Topliss-reactive ketones (excluding diaryl/α,β-unsaturated/α-hetero) is 1. The molecule has 9 rings (SSSR count). The first-order valence-corrected chi connectivity index (χ1v) is 24.0. The van der Waals surface area contributed by atoms with Gasteiger partial charge >= 0.3 is 0 Å². The highest BCUT2D eigenvalue weighted by Gasteiger charge is 2.50. The van der Waals surface area contributed by atoms with E-state index in [1.165, 1.54) is 55.0 Å². The second-order valence-corrected chi connectivity index (χ2v) is 18.8. The largest absolute Gasteiger partial charge is 0.508 e. The highest BCUT2D eigenvalue weighted by Crippen LogP contribution is 2.53. The molecule has 1 saturated heterocycles. The number of nitrogens with zero attached hydrogens (tertiary/aromatic N) is 3. The second kappa shape index (κ2) is 20.2. The summed E-state index contributed by atoms with van der Waals surface area (Å²) in [6.45, 7) is 6.24. The van der Waals surface area contributed by atoms with Gasteiger partial charge in [-0.25, -0.2) is 0 Å². The van der Waals surface area contributed by atoms with Crippen molar-refractivity contribution in [2.45, 2.75) is 89.1 Å². The lowest BCUT2D eigenvalue weighted by atomic mass is 9.72. The monoisotopic (exact) mass is 1030 g/mol. The van der Waals surface area contributed by atoms with Crippen molar-refractivity contribution in [1.29, 1.82) is 0 Å². The van der Waals surface area contributed by atoms with Crippen LogP contribution in [-0.4, -0.2) is 130 Å². The Hall–Kier alpha value is -8.21. The summed E-state index contributed by atoms with van der Waals surface area (Å²) in [4.78, 5) is 67.9. The van der Waals surface area contributed by atoms with Gasteiger partial charge in [-0.3, -0.25) is 28.5 Å². The first kappa shape index (κ1) is 51.7. The summed E-state index contributed by atoms with van der Waals surface area (Å²) in [6, 6.07) is 18.7. The van der Waals surface area contributed by atoms with Gasteiger partial charge in [-0.15, -0.1) is 10.2 Å². The van der Waals surface area contributed by atoms with Crippen LogP contribution >= 0.6 is 0 Å². The van der Waals surface area contributed by atoms with Crippen LogP contribution < -0.4 is 20.1 Å². The van der Waals surface area contributed by atoms with Gasteiger partial charge in [0.15, 0.2) is 23.7 Å². The Morgan fingerprint density at radius 1 is 0.867 bits per heavy atom. The van der Waals surface area contributed by atoms with E-state index in [1.54, 1.807) is 49.4 Å². The van der Waals surface area contributed by atoms with Gasteiger partial charge in [-0.05, 0) is 86.0 Å². The Kier molecular flexibility index (Phi) is 14.0. The van der Waals surface area contributed by atoms with Crippen LogP contribution in [0.2, 0.25) is 0 Å². The number of phenolic OH excluding ortho intramolecular Hbond substituents is 4. The van der Waals surface area contributed by atoms with Crippen LogP contribution in [-0.2, 0) is 20.7 Å². The smallest absolute Gasteiger partial charge is 0.289 e. The molecule has 0 bridgehead atoms. The maximum absolute atomic E-state index is 14.1. The van der Waals surface area contributed by atoms with Crippen LogP contribution in [0, 0.1) is 0 Å². The molecule has 6 unspecified atom stereocenters. The summed E-state index contributed by atoms with van der Waals surface area (Å²) in [5, 5.41) is 91.7. The van der Waals surface area contributed by atoms with Gasteiger partial charge in [0.25, 0.3) is 11.8 Å². The molecule has 6 atom stereocenters. The van der Waals surface area contributed by atoms with Crippen molar-refractivity contribution < 1.29 is 78.7 Å². The van der Waals surface area contributed by atoms with Gasteiger partial charge in [-0.1, -0.05) is 26.0 Å². The first-order chi connectivity index (χ1) is 35.8. The zero-order valence-electron chi connectivity index (χ0n) is 41.2. The fraction of sp³-hybridized carbons (Fsp3) is 0.315. The fourth-order valence-electron chi connectivity index (χ4n) is 9.91. The number of carbonyl (C=O) groups is 5. The molecule has 2 aliphatic carbocycles. The maximum atomic E-state index is 14.1. The number of aliphatic hydroxyl groups excluding tert-OH is 2. The van der Waals surface area contributed by atoms with Gasteiger partial charge in [0.2, 0.25) is 11.6 Å². The number of ketones is 3. The zero-order valence-corrected chi connectivity index (χ0v) is 41.2. The maximum Gasteiger partial charge on any atom is 0.289 e. The highest BCUT2D eigenvalue weighted by molar-refractivity contribution is 6.31. The molecule has 6 aromatic rings. The van der Waals surface area contributed by atoms with E-state index in [4.69, 9.17) is 18.9 Å². The summed E-state index contributed by atoms with van der Waals surface area (Å²) in [7, 11) is 1.30. The van der Waals surface area contributed by atoms with Crippen molar-refractivity contribution in [2.75, 3.05) is 20.3 Å². The molecule has 21 nitrogen and oxygen atoms in total. The number of benzene rings is 5. The van der Waals surface area contributed by atoms with E-state index in [2.05, 4.69) is 20.8 Å². The van der Waals surface area contributed by atoms with Crippen LogP contribution in [0.4, 0.5) is 0 Å². The summed E-state index contributed by atoms with van der Waals surface area (Å²) < 4.78 is 25.2. The lowest BCUT2D eigenvalue weighted by Gasteiger charge is -2.43. The quantitative estimate of drug-likeness (QED) is 0.0661. The predicted octanol–water partition coefficient (Wildman–Crippen LogP) is 4.80. The van der Waals surface area contributed by atoms with Crippen LogP contribution in [0.1, 0.15) is 122 Å². The number of methoxy groups -OCH3 is 1. The third-order valence-electron chi connectivity index (χ3n) is 13.7. The van der Waals surface area contributed by atoms with Crippen molar-refractivity contribution in [3.63, 3.8) is 0 Å². The van der Waals surface area contributed by atoms with Crippen LogP contribution in [0.25, 0.3) is 17.1 Å². The number of hydrogen-bond donors (Lipinski definition) is 9. The van der Waals surface area contributed by atoms with Crippen molar-refractivity contribution in [3.05, 3.63) is 129 Å². The molecule has 1 aromatic heterocycles. The first-order valence-electron chi connectivity index (χ1n) is 24.0. The van der Waals surface area contributed by atoms with E-state index in [9.17, 15) is 59.7 Å². The minimum Gasteiger partial charge on any atom is -0.508 e. The standard InChI is InChI=1S/C54H53N5O16/c1-6-55-53(70)51-58-57-50(32-18-31(24(2)3)35(61)20-36(32)62)59(51)27-12-16-29(17-13-27)74-28-14-10-26(11-15-28)52(69)56-34-19-40(73-25(4)45(34)64)75-38-22-54(71,39(63)23-60)21-33-42(38)49(68)44-43(47(33)66)46(65)30-8-7-9-37(72-5)41(30)48(44)67/h7-18,20,24-25,34,38,40,45,60-62,64,66,68,71H,6,19,21-23H2,1-5H3,(H,55,70)(H,56,69). The van der Waals surface area contributed by atoms with Crippen LogP contribution in [0.3, 0.4) is 0 Å². The molecule has 0 spiro atoms. The molecule has 0 saturated carbocycles. The number of aliphatic hydroxyl groups is 3. The molecule has 5 aromatic carbocycles. The number of aromatic hydroxyl groups is 4. The van der Waals surface area contributed by atoms with Gasteiger partial charge < -0.3 is 65.3 Å². The number of hydrogen-bond acceptors (Lipinski definition) is 18. The third kappa shape index (κ3) is 9.29. The lowest BCUT2D eigenvalue weighted by molar-refractivity contribution is -0.249. The number of fused-ring (bicyclic) bond motifs is 3. The van der Waals surface area contributed by atoms with Crippen LogP contribution in [0.15, 0.2) is 78.9 Å². The molecule has 21 heteroatoms. The summed E-state index contributed by atoms with van der Waals surface area (Å²) in [5.74, 6) is -4.98. The molecule has 1 aliphatic heterocycles. The number of ether oxygens (including phenoxy) is 4. The molecule has 75 heavy (non-hydrogen) atoms. The minimum absolute atomic E-state index is 0.0403. The number of aromatic nitrogens is 3. The molecule has 390 valence electrons. The SMILES string of the molecule is CCNC(=O)c1nnc(-c2cc(C(C)C)c(O)cc2O)n1-c1ccc(Oc2ccc(C(=O)NC3CC(OC4CC(O)(C(=O)CO)Cc5c(O)c6c(c(O)c54)C(=O)c4c(OC)cccc4C6=O)OC(C)C3O)cc2)cc1. The van der Waals surface area contributed by atoms with Gasteiger partial charge in [0.05, 0.1) is 47.6 Å². The van der Waals surface area contributed by atoms with Gasteiger partial charge in [0, 0.05) is 59.8 Å². The van der Waals surface area contributed by atoms with E-state index in [0.29, 0.717) is 29.3 Å². The summed E-state index contributed by atoms with van der Waals surface area (Å²) in [5.41, 5.74) is -2.83. The average molecular weight is 1030 g/mol. The Morgan fingerprint density at radius 2 is 1.55 bits per heavy atom. The summed E-state index contributed by atoms with van der Waals surface area (Å²) in [6.07, 6.45) is -6.59. The van der Waals surface area contributed by atoms with E-state index in [-0.39, 0.29) is 74.6 Å². The molecule has 2 heterocycles. The van der Waals surface area contributed by atoms with Gasteiger partial charge in [0.1, 0.15) is 58.6 Å². The van der Waals surface area contributed by atoms with Crippen molar-refractivity contribution >= 4 is 29.2 Å². The number of nitrogens with one attached hydrogen (secondary N) is 2. The van der Waals surface area contributed by atoms with Crippen molar-refractivity contribution in [1.82, 2.24) is 25.4 Å². The Balaban J connectivity index is 0.923. The summed E-state index contributed by atoms with van der Waals surface area (Å²) >= 11 is 0. The van der Waals surface area contributed by atoms with Crippen molar-refractivity contribution in [2.24, 2.45) is 0 Å². The molecule has 0 radical (unpaired) electrons. The fourth-order valence-corrected chi connectivity index (χ4v) is 9.91. The number of amides is 2.